The lowest BCUT2D eigenvalue weighted by atomic mass is 10.3. The molecule has 0 amide bonds. The summed E-state index contributed by atoms with van der Waals surface area (Å²) in [6.07, 6.45) is 2.53. The van der Waals surface area contributed by atoms with Gasteiger partial charge in [-0.05, 0) is 28.1 Å². The van der Waals surface area contributed by atoms with Gasteiger partial charge in [0.15, 0.2) is 0 Å². The van der Waals surface area contributed by atoms with Crippen LogP contribution in [0.25, 0.3) is 11.0 Å². The Hall–Kier alpha value is -1.16. The van der Waals surface area contributed by atoms with Crippen molar-refractivity contribution in [1.82, 2.24) is 9.55 Å². The van der Waals surface area contributed by atoms with E-state index in [1.165, 1.54) is 0 Å². The van der Waals surface area contributed by atoms with Crippen LogP contribution in [-0.2, 0) is 11.3 Å². The second kappa shape index (κ2) is 3.30. The lowest BCUT2D eigenvalue weighted by Gasteiger charge is -1.99. The number of aldehydes is 1. The Morgan fingerprint density at radius 2 is 2.38 bits per heavy atom. The van der Waals surface area contributed by atoms with E-state index < -0.39 is 0 Å². The first-order chi connectivity index (χ1) is 6.33. The van der Waals surface area contributed by atoms with Gasteiger partial charge in [0, 0.05) is 4.47 Å². The van der Waals surface area contributed by atoms with Crippen molar-refractivity contribution in [2.45, 2.75) is 6.54 Å². The van der Waals surface area contributed by atoms with Crippen LogP contribution in [0.1, 0.15) is 0 Å². The molecular formula is C9H7BrN2O. The van der Waals surface area contributed by atoms with Crippen LogP contribution in [0.5, 0.6) is 0 Å². The van der Waals surface area contributed by atoms with E-state index in [9.17, 15) is 4.79 Å². The van der Waals surface area contributed by atoms with E-state index in [-0.39, 0.29) is 0 Å². The molecule has 0 N–H and O–H groups in total. The third kappa shape index (κ3) is 1.37. The van der Waals surface area contributed by atoms with E-state index in [0.29, 0.717) is 6.54 Å². The summed E-state index contributed by atoms with van der Waals surface area (Å²) in [5.74, 6) is 0. The largest absolute Gasteiger partial charge is 0.322 e. The van der Waals surface area contributed by atoms with Crippen LogP contribution < -0.4 is 0 Å². The molecule has 1 aromatic heterocycles. The Kier molecular flexibility index (Phi) is 2.14. The number of carbonyl (C=O) groups is 1. The molecule has 13 heavy (non-hydrogen) atoms. The van der Waals surface area contributed by atoms with Crippen molar-refractivity contribution in [2.24, 2.45) is 0 Å². The smallest absolute Gasteiger partial charge is 0.139 e. The first kappa shape index (κ1) is 8.44. The maximum atomic E-state index is 10.4. The van der Waals surface area contributed by atoms with Crippen molar-refractivity contribution in [3.63, 3.8) is 0 Å². The maximum Gasteiger partial charge on any atom is 0.139 e. The minimum absolute atomic E-state index is 0.346. The minimum Gasteiger partial charge on any atom is -0.322 e. The Labute approximate surface area is 83.5 Å². The average Bonchev–Trinajstić information content (AvgIpc) is 2.51. The number of halogens is 1. The molecule has 0 saturated heterocycles. The molecule has 0 aliphatic heterocycles. The van der Waals surface area contributed by atoms with Gasteiger partial charge in [0.25, 0.3) is 0 Å². The molecule has 0 radical (unpaired) electrons. The zero-order chi connectivity index (χ0) is 9.26. The molecule has 0 aliphatic carbocycles. The SMILES string of the molecule is O=CCn1cnc2cccc(Br)c21. The van der Waals surface area contributed by atoms with Gasteiger partial charge in [0.1, 0.15) is 6.29 Å². The quantitative estimate of drug-likeness (QED) is 0.751. The van der Waals surface area contributed by atoms with E-state index in [0.717, 1.165) is 21.8 Å². The number of hydrogen-bond acceptors (Lipinski definition) is 2. The topological polar surface area (TPSA) is 34.9 Å². The molecule has 0 fully saturated rings. The summed E-state index contributed by atoms with van der Waals surface area (Å²) in [5.41, 5.74) is 1.87. The van der Waals surface area contributed by atoms with Gasteiger partial charge < -0.3 is 9.36 Å². The van der Waals surface area contributed by atoms with E-state index in [2.05, 4.69) is 20.9 Å². The van der Waals surface area contributed by atoms with Crippen molar-refractivity contribution < 1.29 is 4.79 Å². The summed E-state index contributed by atoms with van der Waals surface area (Å²) in [6, 6.07) is 5.78. The molecule has 2 rings (SSSR count). The summed E-state index contributed by atoms with van der Waals surface area (Å²) < 4.78 is 2.77. The van der Waals surface area contributed by atoms with Crippen LogP contribution >= 0.6 is 15.9 Å². The van der Waals surface area contributed by atoms with Crippen molar-refractivity contribution in [3.05, 3.63) is 29.0 Å². The van der Waals surface area contributed by atoms with Crippen LogP contribution in [0, 0.1) is 0 Å². The summed E-state index contributed by atoms with van der Waals surface area (Å²) in [6.45, 7) is 0.346. The molecular weight excluding hydrogens is 232 g/mol. The predicted molar refractivity (Wildman–Crippen MR) is 53.5 cm³/mol. The highest BCUT2D eigenvalue weighted by Gasteiger charge is 2.04. The molecule has 0 saturated carbocycles. The molecule has 1 aromatic carbocycles. The Bertz CT molecular complexity index is 450. The number of rotatable bonds is 2. The minimum atomic E-state index is 0.346. The molecule has 0 bridgehead atoms. The van der Waals surface area contributed by atoms with E-state index in [4.69, 9.17) is 0 Å². The molecule has 2 aromatic rings. The number of para-hydroxylation sites is 1. The second-order valence-electron chi connectivity index (χ2n) is 2.67. The first-order valence-corrected chi connectivity index (χ1v) is 4.65. The predicted octanol–water partition coefficient (Wildman–Crippen LogP) is 2.00. The highest BCUT2D eigenvalue weighted by molar-refractivity contribution is 9.10. The lowest BCUT2D eigenvalue weighted by molar-refractivity contribution is -0.108. The molecule has 66 valence electrons. The third-order valence-corrected chi connectivity index (χ3v) is 2.50. The molecule has 3 nitrogen and oxygen atoms in total. The molecule has 4 heteroatoms. The number of hydrogen-bond donors (Lipinski definition) is 0. The van der Waals surface area contributed by atoms with Gasteiger partial charge in [0.2, 0.25) is 0 Å². The highest BCUT2D eigenvalue weighted by Crippen LogP contribution is 2.22. The fourth-order valence-electron chi connectivity index (χ4n) is 1.30. The zero-order valence-electron chi connectivity index (χ0n) is 6.77. The van der Waals surface area contributed by atoms with Crippen molar-refractivity contribution >= 4 is 33.2 Å². The average molecular weight is 239 g/mol. The van der Waals surface area contributed by atoms with Crippen molar-refractivity contribution in [2.75, 3.05) is 0 Å². The number of fused-ring (bicyclic) bond motifs is 1. The first-order valence-electron chi connectivity index (χ1n) is 3.86. The van der Waals surface area contributed by atoms with Gasteiger partial charge >= 0.3 is 0 Å². The standard InChI is InChI=1S/C9H7BrN2O/c10-7-2-1-3-8-9(7)12(4-5-13)6-11-8/h1-3,5-6H,4H2. The maximum absolute atomic E-state index is 10.4. The van der Waals surface area contributed by atoms with Crippen LogP contribution in [0.3, 0.4) is 0 Å². The van der Waals surface area contributed by atoms with Crippen LogP contribution in [-0.4, -0.2) is 15.8 Å². The number of nitrogens with zero attached hydrogens (tertiary/aromatic N) is 2. The van der Waals surface area contributed by atoms with E-state index >= 15 is 0 Å². The molecule has 0 spiro atoms. The second-order valence-corrected chi connectivity index (χ2v) is 3.53. The Balaban J connectivity index is 2.70. The van der Waals surface area contributed by atoms with Crippen molar-refractivity contribution in [3.8, 4) is 0 Å². The lowest BCUT2D eigenvalue weighted by Crippen LogP contribution is -1.96. The van der Waals surface area contributed by atoms with E-state index in [1.807, 2.05) is 22.8 Å². The van der Waals surface area contributed by atoms with Gasteiger partial charge in [-0.2, -0.15) is 0 Å². The van der Waals surface area contributed by atoms with Crippen LogP contribution in [0.15, 0.2) is 29.0 Å². The van der Waals surface area contributed by atoms with Crippen molar-refractivity contribution in [1.29, 1.82) is 0 Å². The van der Waals surface area contributed by atoms with Gasteiger partial charge in [-0.1, -0.05) is 6.07 Å². The highest BCUT2D eigenvalue weighted by atomic mass is 79.9. The molecule has 0 unspecified atom stereocenters. The summed E-state index contributed by atoms with van der Waals surface area (Å²) >= 11 is 3.42. The summed E-state index contributed by atoms with van der Waals surface area (Å²) in [5, 5.41) is 0. The molecule has 1 heterocycles. The van der Waals surface area contributed by atoms with Crippen LogP contribution in [0.4, 0.5) is 0 Å². The third-order valence-electron chi connectivity index (χ3n) is 1.86. The van der Waals surface area contributed by atoms with Gasteiger partial charge in [-0.3, -0.25) is 0 Å². The van der Waals surface area contributed by atoms with Gasteiger partial charge in [-0.15, -0.1) is 0 Å². The fraction of sp³-hybridized carbons (Fsp3) is 0.111. The normalized spacial score (nSPS) is 10.5. The van der Waals surface area contributed by atoms with Crippen LogP contribution in [0.2, 0.25) is 0 Å². The summed E-state index contributed by atoms with van der Waals surface area (Å²) in [4.78, 5) is 14.5. The monoisotopic (exact) mass is 238 g/mol. The number of aromatic nitrogens is 2. The zero-order valence-corrected chi connectivity index (χ0v) is 8.36. The summed E-state index contributed by atoms with van der Waals surface area (Å²) in [7, 11) is 0. The van der Waals surface area contributed by atoms with E-state index in [1.54, 1.807) is 6.33 Å². The molecule has 0 aliphatic rings. The number of carbonyl (C=O) groups excluding carboxylic acids is 1. The number of imidazole rings is 1. The fourth-order valence-corrected chi connectivity index (χ4v) is 1.88. The van der Waals surface area contributed by atoms with Gasteiger partial charge in [0.05, 0.1) is 23.9 Å². The molecule has 0 atom stereocenters. The van der Waals surface area contributed by atoms with Gasteiger partial charge in [-0.25, -0.2) is 4.98 Å². The Morgan fingerprint density at radius 3 is 3.15 bits per heavy atom. The number of benzene rings is 1. The Morgan fingerprint density at radius 1 is 1.54 bits per heavy atom.